The highest BCUT2D eigenvalue weighted by molar-refractivity contribution is 5.89. The summed E-state index contributed by atoms with van der Waals surface area (Å²) >= 11 is 0. The second kappa shape index (κ2) is 7.88. The average Bonchev–Trinajstić information content (AvgIpc) is 2.33. The topological polar surface area (TPSA) is 49.3 Å². The molecule has 100 valence electrons. The summed E-state index contributed by atoms with van der Waals surface area (Å²) in [7, 11) is 0. The van der Waals surface area contributed by atoms with Crippen LogP contribution >= 0.6 is 0 Å². The van der Waals surface area contributed by atoms with Crippen LogP contribution in [-0.4, -0.2) is 17.6 Å². The minimum Gasteiger partial charge on any atom is -0.478 e. The summed E-state index contributed by atoms with van der Waals surface area (Å²) in [6.45, 7) is 6.04. The summed E-state index contributed by atoms with van der Waals surface area (Å²) < 4.78 is 0. The number of unbranched alkanes of at least 4 members (excludes halogenated alkanes) is 1. The molecule has 0 saturated carbocycles. The monoisotopic (exact) mass is 249 g/mol. The molecule has 3 nitrogen and oxygen atoms in total. The second-order valence-electron chi connectivity index (χ2n) is 5.03. The van der Waals surface area contributed by atoms with Crippen LogP contribution in [-0.2, 0) is 6.54 Å². The van der Waals surface area contributed by atoms with Gasteiger partial charge < -0.3 is 10.4 Å². The number of hydrogen-bond acceptors (Lipinski definition) is 2. The van der Waals surface area contributed by atoms with Gasteiger partial charge in [-0.1, -0.05) is 44.9 Å². The summed E-state index contributed by atoms with van der Waals surface area (Å²) in [6.07, 6.45) is 3.63. The first kappa shape index (κ1) is 14.7. The van der Waals surface area contributed by atoms with E-state index in [1.807, 2.05) is 12.1 Å². The first-order valence-corrected chi connectivity index (χ1v) is 6.63. The van der Waals surface area contributed by atoms with Crippen LogP contribution in [0.3, 0.4) is 0 Å². The molecular weight excluding hydrogens is 226 g/mol. The molecule has 0 aromatic heterocycles. The Morgan fingerprint density at radius 2 is 2.00 bits per heavy atom. The molecule has 0 fully saturated rings. The van der Waals surface area contributed by atoms with E-state index in [4.69, 9.17) is 5.11 Å². The van der Waals surface area contributed by atoms with Crippen molar-refractivity contribution in [1.82, 2.24) is 5.32 Å². The number of carbonyl (C=O) groups is 1. The van der Waals surface area contributed by atoms with Gasteiger partial charge in [-0.15, -0.1) is 0 Å². The van der Waals surface area contributed by atoms with E-state index in [0.717, 1.165) is 24.4 Å². The van der Waals surface area contributed by atoms with Crippen molar-refractivity contribution in [2.24, 2.45) is 5.92 Å². The van der Waals surface area contributed by atoms with E-state index in [2.05, 4.69) is 19.2 Å². The number of rotatable bonds is 8. The maximum atomic E-state index is 11.0. The summed E-state index contributed by atoms with van der Waals surface area (Å²) in [4.78, 5) is 11.0. The van der Waals surface area contributed by atoms with Gasteiger partial charge in [0.15, 0.2) is 0 Å². The molecule has 0 atom stereocenters. The van der Waals surface area contributed by atoms with Crippen LogP contribution in [0.2, 0.25) is 0 Å². The molecule has 0 amide bonds. The Labute approximate surface area is 109 Å². The Kier molecular flexibility index (Phi) is 6.44. The van der Waals surface area contributed by atoms with Crippen LogP contribution in [0.5, 0.6) is 0 Å². The lowest BCUT2D eigenvalue weighted by atomic mass is 10.1. The maximum Gasteiger partial charge on any atom is 0.336 e. The molecular formula is C15H23NO2. The predicted octanol–water partition coefficient (Wildman–Crippen LogP) is 3.30. The standard InChI is InChI=1S/C15H23NO2/c1-12(2)7-5-6-10-16-11-13-8-3-4-9-14(13)15(17)18/h3-4,8-9,12,16H,5-7,10-11H2,1-2H3,(H,17,18). The molecule has 2 N–H and O–H groups in total. The first-order chi connectivity index (χ1) is 8.61. The third-order valence-electron chi connectivity index (χ3n) is 2.95. The molecule has 3 heteroatoms. The molecule has 0 spiro atoms. The predicted molar refractivity (Wildman–Crippen MR) is 73.8 cm³/mol. The summed E-state index contributed by atoms with van der Waals surface area (Å²) in [5.74, 6) is -0.0926. The molecule has 0 bridgehead atoms. The zero-order valence-corrected chi connectivity index (χ0v) is 11.3. The zero-order valence-electron chi connectivity index (χ0n) is 11.3. The molecule has 0 saturated heterocycles. The van der Waals surface area contributed by atoms with E-state index in [1.165, 1.54) is 12.8 Å². The highest BCUT2D eigenvalue weighted by Gasteiger charge is 2.07. The van der Waals surface area contributed by atoms with Crippen LogP contribution in [0.15, 0.2) is 24.3 Å². The van der Waals surface area contributed by atoms with Crippen LogP contribution < -0.4 is 5.32 Å². The highest BCUT2D eigenvalue weighted by atomic mass is 16.4. The molecule has 0 unspecified atom stereocenters. The number of nitrogens with one attached hydrogen (secondary N) is 1. The zero-order chi connectivity index (χ0) is 13.4. The van der Waals surface area contributed by atoms with Gasteiger partial charge in [0.05, 0.1) is 5.56 Å². The highest BCUT2D eigenvalue weighted by Crippen LogP contribution is 2.09. The van der Waals surface area contributed by atoms with Crippen molar-refractivity contribution in [1.29, 1.82) is 0 Å². The van der Waals surface area contributed by atoms with Crippen molar-refractivity contribution in [2.75, 3.05) is 6.54 Å². The van der Waals surface area contributed by atoms with Gasteiger partial charge in [0.1, 0.15) is 0 Å². The summed E-state index contributed by atoms with van der Waals surface area (Å²) in [5, 5.41) is 12.3. The molecule has 0 aliphatic rings. The van der Waals surface area contributed by atoms with Gasteiger partial charge in [-0.2, -0.15) is 0 Å². The fraction of sp³-hybridized carbons (Fsp3) is 0.533. The maximum absolute atomic E-state index is 11.0. The third-order valence-corrected chi connectivity index (χ3v) is 2.95. The summed E-state index contributed by atoms with van der Waals surface area (Å²) in [5.41, 5.74) is 1.25. The Morgan fingerprint density at radius 1 is 1.28 bits per heavy atom. The normalized spacial score (nSPS) is 10.8. The van der Waals surface area contributed by atoms with E-state index >= 15 is 0 Å². The van der Waals surface area contributed by atoms with Gasteiger partial charge in [-0.05, 0) is 30.5 Å². The van der Waals surface area contributed by atoms with E-state index in [-0.39, 0.29) is 0 Å². The fourth-order valence-electron chi connectivity index (χ4n) is 1.91. The van der Waals surface area contributed by atoms with Crippen LogP contribution in [0.4, 0.5) is 0 Å². The minimum atomic E-state index is -0.854. The smallest absolute Gasteiger partial charge is 0.336 e. The molecule has 0 aliphatic carbocycles. The van der Waals surface area contributed by atoms with E-state index in [0.29, 0.717) is 12.1 Å². The summed E-state index contributed by atoms with van der Waals surface area (Å²) in [6, 6.07) is 7.15. The van der Waals surface area contributed by atoms with Crippen LogP contribution in [0.1, 0.15) is 49.0 Å². The van der Waals surface area contributed by atoms with E-state index in [1.54, 1.807) is 12.1 Å². The average molecular weight is 249 g/mol. The Balaban J connectivity index is 2.29. The van der Waals surface area contributed by atoms with Crippen LogP contribution in [0, 0.1) is 5.92 Å². The quantitative estimate of drug-likeness (QED) is 0.695. The largest absolute Gasteiger partial charge is 0.478 e. The molecule has 0 aliphatic heterocycles. The molecule has 0 radical (unpaired) electrons. The van der Waals surface area contributed by atoms with Crippen molar-refractivity contribution < 1.29 is 9.90 Å². The van der Waals surface area contributed by atoms with Crippen molar-refractivity contribution >= 4 is 5.97 Å². The van der Waals surface area contributed by atoms with Gasteiger partial charge in [-0.25, -0.2) is 4.79 Å². The lowest BCUT2D eigenvalue weighted by Crippen LogP contribution is -2.17. The van der Waals surface area contributed by atoms with Gasteiger partial charge in [-0.3, -0.25) is 0 Å². The molecule has 1 aromatic carbocycles. The fourth-order valence-corrected chi connectivity index (χ4v) is 1.91. The first-order valence-electron chi connectivity index (χ1n) is 6.63. The van der Waals surface area contributed by atoms with Crippen LogP contribution in [0.25, 0.3) is 0 Å². The Bertz CT molecular complexity index is 375. The Morgan fingerprint density at radius 3 is 2.67 bits per heavy atom. The molecule has 18 heavy (non-hydrogen) atoms. The number of aromatic carboxylic acids is 1. The van der Waals surface area contributed by atoms with Crippen molar-refractivity contribution in [3.63, 3.8) is 0 Å². The van der Waals surface area contributed by atoms with E-state index < -0.39 is 5.97 Å². The molecule has 0 heterocycles. The van der Waals surface area contributed by atoms with E-state index in [9.17, 15) is 4.79 Å². The lowest BCUT2D eigenvalue weighted by molar-refractivity contribution is 0.0695. The van der Waals surface area contributed by atoms with Crippen molar-refractivity contribution in [2.45, 2.75) is 39.7 Å². The number of carboxylic acids is 1. The number of carboxylic acid groups (broad SMARTS) is 1. The Hall–Kier alpha value is -1.35. The van der Waals surface area contributed by atoms with Gasteiger partial charge in [0.2, 0.25) is 0 Å². The second-order valence-corrected chi connectivity index (χ2v) is 5.03. The number of benzene rings is 1. The van der Waals surface area contributed by atoms with Gasteiger partial charge in [0, 0.05) is 6.54 Å². The SMILES string of the molecule is CC(C)CCCCNCc1ccccc1C(=O)O. The minimum absolute atomic E-state index is 0.396. The molecule has 1 rings (SSSR count). The van der Waals surface area contributed by atoms with Gasteiger partial charge >= 0.3 is 5.97 Å². The van der Waals surface area contributed by atoms with Gasteiger partial charge in [0.25, 0.3) is 0 Å². The third kappa shape index (κ3) is 5.32. The number of hydrogen-bond donors (Lipinski definition) is 2. The van der Waals surface area contributed by atoms with Crippen molar-refractivity contribution in [3.05, 3.63) is 35.4 Å². The van der Waals surface area contributed by atoms with Crippen molar-refractivity contribution in [3.8, 4) is 0 Å². The molecule has 1 aromatic rings. The lowest BCUT2D eigenvalue weighted by Gasteiger charge is -2.08.